The number of aliphatic hydroxyl groups is 1. The van der Waals surface area contributed by atoms with Gasteiger partial charge in [-0.25, -0.2) is 9.59 Å². The number of amides is 2. The molecule has 0 radical (unpaired) electrons. The zero-order chi connectivity index (χ0) is 15.1. The number of aliphatic hydroxyl groups excluding tert-OH is 1. The maximum Gasteiger partial charge on any atom is 0.408 e. The van der Waals surface area contributed by atoms with Gasteiger partial charge in [0.1, 0.15) is 18.2 Å². The van der Waals surface area contributed by atoms with E-state index in [0.29, 0.717) is 0 Å². The molecule has 0 saturated heterocycles. The molecule has 8 nitrogen and oxygen atoms in total. The van der Waals surface area contributed by atoms with Gasteiger partial charge in [0.25, 0.3) is 0 Å². The predicted molar refractivity (Wildman–Crippen MR) is 65.3 cm³/mol. The molecule has 0 aromatic carbocycles. The molecule has 0 fully saturated rings. The molecule has 0 rings (SSSR count). The van der Waals surface area contributed by atoms with Gasteiger partial charge < -0.3 is 25.2 Å². The van der Waals surface area contributed by atoms with Crippen LogP contribution in [0.1, 0.15) is 20.8 Å². The molecule has 0 unspecified atom stereocenters. The van der Waals surface area contributed by atoms with E-state index in [1.807, 2.05) is 0 Å². The Morgan fingerprint density at radius 1 is 1.26 bits per heavy atom. The summed E-state index contributed by atoms with van der Waals surface area (Å²) in [7, 11) is 1.15. The fourth-order valence-corrected chi connectivity index (χ4v) is 1.06. The number of ether oxygens (including phenoxy) is 2. The summed E-state index contributed by atoms with van der Waals surface area (Å²) in [6, 6.07) is -1.09. The summed E-state index contributed by atoms with van der Waals surface area (Å²) in [4.78, 5) is 33.8. The number of rotatable bonds is 5. The first-order chi connectivity index (χ1) is 8.69. The molecular formula is C11H20N2O6. The number of hydrogen-bond donors (Lipinski definition) is 3. The van der Waals surface area contributed by atoms with Crippen LogP contribution >= 0.6 is 0 Å². The zero-order valence-corrected chi connectivity index (χ0v) is 11.5. The Bertz CT molecular complexity index is 337. The van der Waals surface area contributed by atoms with Crippen molar-refractivity contribution in [2.24, 2.45) is 0 Å². The van der Waals surface area contributed by atoms with E-state index in [2.05, 4.69) is 15.4 Å². The lowest BCUT2D eigenvalue weighted by Gasteiger charge is -2.22. The molecule has 0 heterocycles. The number of carbonyl (C=O) groups is 3. The van der Waals surface area contributed by atoms with Gasteiger partial charge in [-0.2, -0.15) is 0 Å². The van der Waals surface area contributed by atoms with Crippen LogP contribution in [0.5, 0.6) is 0 Å². The second-order valence-electron chi connectivity index (χ2n) is 4.68. The van der Waals surface area contributed by atoms with Crippen LogP contribution in [0.2, 0.25) is 0 Å². The van der Waals surface area contributed by atoms with E-state index >= 15 is 0 Å². The number of alkyl carbamates (subject to hydrolysis) is 1. The highest BCUT2D eigenvalue weighted by Gasteiger charge is 2.25. The van der Waals surface area contributed by atoms with Crippen LogP contribution in [0, 0.1) is 0 Å². The first kappa shape index (κ1) is 17.2. The van der Waals surface area contributed by atoms with Crippen molar-refractivity contribution in [2.45, 2.75) is 32.4 Å². The third-order valence-electron chi connectivity index (χ3n) is 1.82. The first-order valence-corrected chi connectivity index (χ1v) is 5.64. The third-order valence-corrected chi connectivity index (χ3v) is 1.82. The van der Waals surface area contributed by atoms with Crippen LogP contribution in [-0.4, -0.2) is 55.0 Å². The van der Waals surface area contributed by atoms with Gasteiger partial charge in [0.05, 0.1) is 7.11 Å². The SMILES string of the molecule is COC(=O)[C@H](CNC(=O)CO)NC(=O)OC(C)(C)C. The lowest BCUT2D eigenvalue weighted by molar-refractivity contribution is -0.143. The normalized spacial score (nSPS) is 12.3. The highest BCUT2D eigenvalue weighted by molar-refractivity contribution is 5.83. The van der Waals surface area contributed by atoms with E-state index in [4.69, 9.17) is 9.84 Å². The average Bonchev–Trinajstić information content (AvgIpc) is 2.30. The van der Waals surface area contributed by atoms with E-state index < -0.39 is 36.2 Å². The third kappa shape index (κ3) is 7.98. The molecule has 19 heavy (non-hydrogen) atoms. The summed E-state index contributed by atoms with van der Waals surface area (Å²) in [6.07, 6.45) is -0.804. The van der Waals surface area contributed by atoms with Gasteiger partial charge in [-0.15, -0.1) is 0 Å². The van der Waals surface area contributed by atoms with Gasteiger partial charge in [0, 0.05) is 6.54 Å². The summed E-state index contributed by atoms with van der Waals surface area (Å²) in [5, 5.41) is 13.1. The van der Waals surface area contributed by atoms with Crippen LogP contribution in [0.25, 0.3) is 0 Å². The second kappa shape index (κ2) is 7.57. The van der Waals surface area contributed by atoms with Gasteiger partial charge >= 0.3 is 12.1 Å². The van der Waals surface area contributed by atoms with Crippen LogP contribution in [-0.2, 0) is 19.1 Å². The molecule has 0 aromatic rings. The van der Waals surface area contributed by atoms with Crippen molar-refractivity contribution in [3.05, 3.63) is 0 Å². The summed E-state index contributed by atoms with van der Waals surface area (Å²) in [6.45, 7) is 4.11. The molecule has 0 aliphatic carbocycles. The van der Waals surface area contributed by atoms with Gasteiger partial charge in [0.15, 0.2) is 0 Å². The van der Waals surface area contributed by atoms with Crippen molar-refractivity contribution < 1.29 is 29.0 Å². The summed E-state index contributed by atoms with van der Waals surface area (Å²) >= 11 is 0. The zero-order valence-electron chi connectivity index (χ0n) is 11.5. The topological polar surface area (TPSA) is 114 Å². The fourth-order valence-electron chi connectivity index (χ4n) is 1.06. The van der Waals surface area contributed by atoms with Crippen LogP contribution in [0.15, 0.2) is 0 Å². The van der Waals surface area contributed by atoms with Crippen molar-refractivity contribution >= 4 is 18.0 Å². The lowest BCUT2D eigenvalue weighted by Crippen LogP contribution is -2.50. The Kier molecular flexibility index (Phi) is 6.84. The molecule has 0 aromatic heterocycles. The molecule has 0 bridgehead atoms. The molecule has 0 saturated carbocycles. The Labute approximate surface area is 111 Å². The van der Waals surface area contributed by atoms with E-state index in [0.717, 1.165) is 7.11 Å². The Morgan fingerprint density at radius 2 is 1.84 bits per heavy atom. The summed E-state index contributed by atoms with van der Waals surface area (Å²) < 4.78 is 9.46. The van der Waals surface area contributed by atoms with Crippen molar-refractivity contribution in [1.82, 2.24) is 10.6 Å². The molecule has 3 N–H and O–H groups in total. The minimum absolute atomic E-state index is 0.203. The van der Waals surface area contributed by atoms with Gasteiger partial charge in [0.2, 0.25) is 5.91 Å². The summed E-state index contributed by atoms with van der Waals surface area (Å²) in [5.74, 6) is -1.40. The lowest BCUT2D eigenvalue weighted by atomic mass is 10.2. The molecular weight excluding hydrogens is 256 g/mol. The summed E-state index contributed by atoms with van der Waals surface area (Å²) in [5.41, 5.74) is -0.709. The van der Waals surface area contributed by atoms with E-state index in [1.54, 1.807) is 20.8 Å². The minimum Gasteiger partial charge on any atom is -0.467 e. The number of esters is 1. The standard InChI is InChI=1S/C11H20N2O6/c1-11(2,3)19-10(17)13-7(9(16)18-4)5-12-8(15)6-14/h7,14H,5-6H2,1-4H3,(H,12,15)(H,13,17)/t7-/m0/s1. The van der Waals surface area contributed by atoms with Crippen LogP contribution in [0.4, 0.5) is 4.79 Å². The van der Waals surface area contributed by atoms with E-state index in [9.17, 15) is 14.4 Å². The first-order valence-electron chi connectivity index (χ1n) is 5.64. The monoisotopic (exact) mass is 276 g/mol. The minimum atomic E-state index is -1.09. The predicted octanol–water partition coefficient (Wildman–Crippen LogP) is -0.839. The van der Waals surface area contributed by atoms with Gasteiger partial charge in [-0.1, -0.05) is 0 Å². The maximum atomic E-state index is 11.5. The second-order valence-corrected chi connectivity index (χ2v) is 4.68. The number of carbonyl (C=O) groups excluding carboxylic acids is 3. The number of hydrogen-bond acceptors (Lipinski definition) is 6. The Morgan fingerprint density at radius 3 is 2.26 bits per heavy atom. The van der Waals surface area contributed by atoms with Gasteiger partial charge in [-0.05, 0) is 20.8 Å². The molecule has 0 aliphatic heterocycles. The van der Waals surface area contributed by atoms with E-state index in [-0.39, 0.29) is 6.54 Å². The van der Waals surface area contributed by atoms with Crippen LogP contribution < -0.4 is 10.6 Å². The maximum absolute atomic E-state index is 11.5. The highest BCUT2D eigenvalue weighted by Crippen LogP contribution is 2.06. The number of nitrogens with one attached hydrogen (secondary N) is 2. The Hall–Kier alpha value is -1.83. The molecule has 8 heteroatoms. The number of methoxy groups -OCH3 is 1. The van der Waals surface area contributed by atoms with E-state index in [1.165, 1.54) is 0 Å². The highest BCUT2D eigenvalue weighted by atomic mass is 16.6. The largest absolute Gasteiger partial charge is 0.467 e. The van der Waals surface area contributed by atoms with Crippen molar-refractivity contribution in [2.75, 3.05) is 20.3 Å². The van der Waals surface area contributed by atoms with Crippen molar-refractivity contribution in [3.8, 4) is 0 Å². The smallest absolute Gasteiger partial charge is 0.408 e. The Balaban J connectivity index is 4.47. The molecule has 1 atom stereocenters. The molecule has 110 valence electrons. The fraction of sp³-hybridized carbons (Fsp3) is 0.727. The van der Waals surface area contributed by atoms with Crippen molar-refractivity contribution in [1.29, 1.82) is 0 Å². The van der Waals surface area contributed by atoms with Gasteiger partial charge in [-0.3, -0.25) is 4.79 Å². The quantitative estimate of drug-likeness (QED) is 0.564. The molecule has 0 spiro atoms. The van der Waals surface area contributed by atoms with Crippen molar-refractivity contribution in [3.63, 3.8) is 0 Å². The average molecular weight is 276 g/mol. The molecule has 0 aliphatic rings. The molecule has 2 amide bonds. The van der Waals surface area contributed by atoms with Crippen LogP contribution in [0.3, 0.4) is 0 Å².